The number of likely N-dealkylation sites (N-methyl/N-ethyl adjacent to an activating group) is 1. The Morgan fingerprint density at radius 3 is 2.63 bits per heavy atom. The third-order valence-corrected chi connectivity index (χ3v) is 6.73. The molecule has 35 heavy (non-hydrogen) atoms. The first-order valence-corrected chi connectivity index (χ1v) is 12.1. The Hall–Kier alpha value is -3.62. The molecule has 1 fully saturated rings. The largest absolute Gasteiger partial charge is 0.394 e. The van der Waals surface area contributed by atoms with Gasteiger partial charge in [0, 0.05) is 38.1 Å². The summed E-state index contributed by atoms with van der Waals surface area (Å²) in [6.45, 7) is 6.04. The number of aromatic amines is 2. The molecule has 0 spiro atoms. The molecular weight excluding hydrogens is 440 g/mol. The van der Waals surface area contributed by atoms with Gasteiger partial charge in [-0.15, -0.1) is 0 Å². The van der Waals surface area contributed by atoms with Crippen LogP contribution >= 0.6 is 0 Å². The molecule has 1 saturated heterocycles. The molecule has 0 aliphatic carbocycles. The molecule has 5 rings (SSSR count). The first kappa shape index (κ1) is 23.1. The van der Waals surface area contributed by atoms with Crippen LogP contribution in [0.5, 0.6) is 0 Å². The average Bonchev–Trinajstić information content (AvgIpc) is 3.29. The molecule has 8 heteroatoms. The maximum atomic E-state index is 12.9. The summed E-state index contributed by atoms with van der Waals surface area (Å²) in [5, 5.41) is 13.4. The van der Waals surface area contributed by atoms with E-state index < -0.39 is 0 Å². The van der Waals surface area contributed by atoms with Crippen LogP contribution in [0.1, 0.15) is 11.1 Å². The van der Waals surface area contributed by atoms with Gasteiger partial charge in [-0.3, -0.25) is 4.79 Å². The molecule has 0 amide bonds. The standard InChI is InChI=1S/C27H32N6O2/c1-18-14-21(33-12-10-32(2)11-13-33)16-23-25(18)31-26(30-23)24-22(8-9-28-27(24)35)29-20(17-34)15-19-6-4-3-5-7-19/h3-9,14,16,20,34H,10-13,15,17H2,1-2H3,(H,30,31)(H2,28,29,35)/t20-/m1/s1. The van der Waals surface area contributed by atoms with Crippen LogP contribution in [0, 0.1) is 6.92 Å². The molecule has 2 aromatic carbocycles. The number of nitrogens with one attached hydrogen (secondary N) is 3. The van der Waals surface area contributed by atoms with Gasteiger partial charge in [0.25, 0.3) is 5.56 Å². The molecule has 1 atom stereocenters. The van der Waals surface area contributed by atoms with Crippen LogP contribution in [0.3, 0.4) is 0 Å². The summed E-state index contributed by atoms with van der Waals surface area (Å²) in [7, 11) is 2.15. The number of hydrogen-bond acceptors (Lipinski definition) is 6. The molecule has 4 aromatic rings. The maximum absolute atomic E-state index is 12.9. The van der Waals surface area contributed by atoms with Crippen molar-refractivity contribution in [2.45, 2.75) is 19.4 Å². The van der Waals surface area contributed by atoms with Crippen LogP contribution in [-0.2, 0) is 6.42 Å². The van der Waals surface area contributed by atoms with Crippen LogP contribution in [0.25, 0.3) is 22.4 Å². The van der Waals surface area contributed by atoms with Gasteiger partial charge in [0.05, 0.1) is 29.4 Å². The topological polar surface area (TPSA) is 100 Å². The Morgan fingerprint density at radius 1 is 1.11 bits per heavy atom. The number of piperazine rings is 1. The van der Waals surface area contributed by atoms with Crippen molar-refractivity contribution >= 4 is 22.4 Å². The van der Waals surface area contributed by atoms with Crippen molar-refractivity contribution < 1.29 is 5.11 Å². The van der Waals surface area contributed by atoms with E-state index in [0.717, 1.165) is 48.3 Å². The van der Waals surface area contributed by atoms with Gasteiger partial charge in [-0.2, -0.15) is 0 Å². The number of aryl methyl sites for hydroxylation is 1. The van der Waals surface area contributed by atoms with Crippen LogP contribution in [0.2, 0.25) is 0 Å². The zero-order valence-corrected chi connectivity index (χ0v) is 20.2. The molecule has 1 aliphatic rings. The third-order valence-electron chi connectivity index (χ3n) is 6.73. The number of aromatic nitrogens is 3. The Kier molecular flexibility index (Phi) is 6.57. The number of fused-ring (bicyclic) bond motifs is 1. The van der Waals surface area contributed by atoms with Crippen molar-refractivity contribution in [3.05, 3.63) is 76.2 Å². The lowest BCUT2D eigenvalue weighted by atomic mass is 10.1. The Morgan fingerprint density at radius 2 is 1.89 bits per heavy atom. The van der Waals surface area contributed by atoms with Crippen LogP contribution in [0.15, 0.2) is 59.5 Å². The molecule has 1 aliphatic heterocycles. The normalized spacial score (nSPS) is 15.5. The predicted octanol–water partition coefficient (Wildman–Crippen LogP) is 2.99. The number of aliphatic hydroxyl groups is 1. The van der Waals surface area contributed by atoms with Crippen molar-refractivity contribution in [1.82, 2.24) is 19.9 Å². The molecule has 0 bridgehead atoms. The second kappa shape index (κ2) is 9.93. The van der Waals surface area contributed by atoms with Gasteiger partial charge in [-0.1, -0.05) is 30.3 Å². The zero-order valence-electron chi connectivity index (χ0n) is 20.2. The van der Waals surface area contributed by atoms with E-state index in [-0.39, 0.29) is 18.2 Å². The van der Waals surface area contributed by atoms with E-state index in [0.29, 0.717) is 23.5 Å². The molecule has 182 valence electrons. The predicted molar refractivity (Wildman–Crippen MR) is 141 cm³/mol. The molecule has 4 N–H and O–H groups in total. The number of rotatable bonds is 7. The minimum atomic E-state index is -0.243. The number of imidazole rings is 1. The number of pyridine rings is 1. The van der Waals surface area contributed by atoms with Crippen molar-refractivity contribution in [2.75, 3.05) is 50.1 Å². The number of hydrogen-bond donors (Lipinski definition) is 4. The van der Waals surface area contributed by atoms with Gasteiger partial charge >= 0.3 is 0 Å². The monoisotopic (exact) mass is 472 g/mol. The van der Waals surface area contributed by atoms with Crippen LogP contribution in [0.4, 0.5) is 11.4 Å². The van der Waals surface area contributed by atoms with Gasteiger partial charge in [0.2, 0.25) is 0 Å². The van der Waals surface area contributed by atoms with Gasteiger partial charge < -0.3 is 30.2 Å². The highest BCUT2D eigenvalue weighted by molar-refractivity contribution is 5.87. The van der Waals surface area contributed by atoms with Crippen molar-refractivity contribution in [1.29, 1.82) is 0 Å². The third kappa shape index (κ3) is 4.94. The van der Waals surface area contributed by atoms with E-state index >= 15 is 0 Å². The summed E-state index contributed by atoms with van der Waals surface area (Å²) in [5.41, 5.74) is 5.96. The van der Waals surface area contributed by atoms with E-state index in [2.05, 4.69) is 51.2 Å². The first-order chi connectivity index (χ1) is 17.0. The molecular formula is C27H32N6O2. The highest BCUT2D eigenvalue weighted by Gasteiger charge is 2.20. The Labute approximate surface area is 204 Å². The van der Waals surface area contributed by atoms with Crippen molar-refractivity contribution in [3.63, 3.8) is 0 Å². The molecule has 0 unspecified atom stereocenters. The summed E-state index contributed by atoms with van der Waals surface area (Å²) >= 11 is 0. The number of aliphatic hydroxyl groups excluding tert-OH is 1. The number of nitrogens with zero attached hydrogens (tertiary/aromatic N) is 3. The summed E-state index contributed by atoms with van der Waals surface area (Å²) in [6.07, 6.45) is 2.25. The quantitative estimate of drug-likeness (QED) is 0.330. The molecule has 3 heterocycles. The second-order valence-corrected chi connectivity index (χ2v) is 9.34. The van der Waals surface area contributed by atoms with Crippen LogP contribution in [-0.4, -0.2) is 70.8 Å². The second-order valence-electron chi connectivity index (χ2n) is 9.34. The van der Waals surface area contributed by atoms with Crippen molar-refractivity contribution in [3.8, 4) is 11.4 Å². The minimum Gasteiger partial charge on any atom is -0.394 e. The molecule has 8 nitrogen and oxygen atoms in total. The summed E-state index contributed by atoms with van der Waals surface area (Å²) < 4.78 is 0. The van der Waals surface area contributed by atoms with E-state index in [9.17, 15) is 9.90 Å². The number of H-pyrrole nitrogens is 2. The highest BCUT2D eigenvalue weighted by atomic mass is 16.3. The summed E-state index contributed by atoms with van der Waals surface area (Å²) in [6, 6.07) is 15.9. The lowest BCUT2D eigenvalue weighted by molar-refractivity contribution is 0.274. The lowest BCUT2D eigenvalue weighted by Gasteiger charge is -2.34. The molecule has 0 saturated carbocycles. The Balaban J connectivity index is 1.47. The minimum absolute atomic E-state index is 0.0608. The fraction of sp³-hybridized carbons (Fsp3) is 0.333. The fourth-order valence-corrected chi connectivity index (χ4v) is 4.75. The number of benzene rings is 2. The Bertz CT molecular complexity index is 1360. The average molecular weight is 473 g/mol. The molecule has 0 radical (unpaired) electrons. The summed E-state index contributed by atoms with van der Waals surface area (Å²) in [4.78, 5) is 28.7. The number of anilines is 2. The van der Waals surface area contributed by atoms with E-state index in [4.69, 9.17) is 4.98 Å². The lowest BCUT2D eigenvalue weighted by Crippen LogP contribution is -2.44. The van der Waals surface area contributed by atoms with E-state index in [1.165, 1.54) is 5.69 Å². The van der Waals surface area contributed by atoms with Gasteiger partial charge in [0.15, 0.2) is 0 Å². The van der Waals surface area contributed by atoms with E-state index in [1.807, 2.05) is 36.4 Å². The van der Waals surface area contributed by atoms with Crippen molar-refractivity contribution in [2.24, 2.45) is 0 Å². The molecule has 2 aromatic heterocycles. The first-order valence-electron chi connectivity index (χ1n) is 12.1. The maximum Gasteiger partial charge on any atom is 0.261 e. The highest BCUT2D eigenvalue weighted by Crippen LogP contribution is 2.30. The summed E-state index contributed by atoms with van der Waals surface area (Å²) in [5.74, 6) is 0.513. The smallest absolute Gasteiger partial charge is 0.261 e. The zero-order chi connectivity index (χ0) is 24.4. The van der Waals surface area contributed by atoms with Gasteiger partial charge in [0.1, 0.15) is 11.4 Å². The SMILES string of the molecule is Cc1cc(N2CCN(C)CC2)cc2[nH]c(-c3c(N[C@@H](CO)Cc4ccccc4)cc[nH]c3=O)nc12. The van der Waals surface area contributed by atoms with Gasteiger partial charge in [-0.05, 0) is 49.7 Å². The van der Waals surface area contributed by atoms with Gasteiger partial charge in [-0.25, -0.2) is 4.98 Å². The van der Waals surface area contributed by atoms with E-state index in [1.54, 1.807) is 6.20 Å². The van der Waals surface area contributed by atoms with Crippen LogP contribution < -0.4 is 15.8 Å². The fourth-order valence-electron chi connectivity index (χ4n) is 4.75.